The number of fused-ring (bicyclic) bond motifs is 2. The van der Waals surface area contributed by atoms with Gasteiger partial charge in [0.25, 0.3) is 0 Å². The van der Waals surface area contributed by atoms with E-state index in [0.717, 1.165) is 19.1 Å². The minimum Gasteiger partial charge on any atom is -0.350 e. The lowest BCUT2D eigenvalue weighted by Gasteiger charge is -2.58. The van der Waals surface area contributed by atoms with Crippen LogP contribution in [0.25, 0.3) is 0 Å². The largest absolute Gasteiger partial charge is 0.350 e. The van der Waals surface area contributed by atoms with E-state index in [0.29, 0.717) is 10.8 Å². The molecule has 2 nitrogen and oxygen atoms in total. The highest BCUT2D eigenvalue weighted by Crippen LogP contribution is 2.75. The highest BCUT2D eigenvalue weighted by Gasteiger charge is 2.71. The number of hydrogen-bond donors (Lipinski definition) is 0. The van der Waals surface area contributed by atoms with Gasteiger partial charge in [0.1, 0.15) is 0 Å². The van der Waals surface area contributed by atoms with Crippen molar-refractivity contribution in [2.75, 3.05) is 13.2 Å². The SMILES string of the molecule is CC1(C)OCC2(CO1)C(C)(C)CCC1CC12C. The van der Waals surface area contributed by atoms with E-state index >= 15 is 0 Å². The predicted octanol–water partition coefficient (Wildman–Crippen LogP) is 3.60. The third-order valence-corrected chi connectivity index (χ3v) is 6.25. The van der Waals surface area contributed by atoms with Crippen molar-refractivity contribution in [3.8, 4) is 0 Å². The van der Waals surface area contributed by atoms with Crippen molar-refractivity contribution >= 4 is 0 Å². The van der Waals surface area contributed by atoms with Gasteiger partial charge in [0.15, 0.2) is 5.79 Å². The molecule has 0 aromatic carbocycles. The molecule has 1 aliphatic heterocycles. The Morgan fingerprint density at radius 1 is 0.941 bits per heavy atom. The molecule has 0 radical (unpaired) electrons. The van der Waals surface area contributed by atoms with Crippen LogP contribution in [0.1, 0.15) is 53.9 Å². The van der Waals surface area contributed by atoms with E-state index in [9.17, 15) is 0 Å². The van der Waals surface area contributed by atoms with E-state index in [1.807, 2.05) is 13.8 Å². The van der Waals surface area contributed by atoms with Gasteiger partial charge in [-0.15, -0.1) is 0 Å². The molecule has 17 heavy (non-hydrogen) atoms. The first kappa shape index (κ1) is 12.0. The molecule has 0 N–H and O–H groups in total. The fraction of sp³-hybridized carbons (Fsp3) is 1.00. The second-order valence-electron chi connectivity index (χ2n) is 7.80. The molecule has 1 spiro atoms. The second kappa shape index (κ2) is 3.08. The number of hydrogen-bond acceptors (Lipinski definition) is 2. The second-order valence-corrected chi connectivity index (χ2v) is 7.80. The molecule has 0 aromatic rings. The van der Waals surface area contributed by atoms with Gasteiger partial charge < -0.3 is 9.47 Å². The molecule has 0 aromatic heterocycles. The highest BCUT2D eigenvalue weighted by atomic mass is 16.7. The summed E-state index contributed by atoms with van der Waals surface area (Å²) in [5.41, 5.74) is 1.04. The molecule has 3 fully saturated rings. The Morgan fingerprint density at radius 3 is 2.12 bits per heavy atom. The molecule has 3 aliphatic rings. The molecule has 0 amide bonds. The highest BCUT2D eigenvalue weighted by molar-refractivity contribution is 5.19. The van der Waals surface area contributed by atoms with Gasteiger partial charge in [-0.3, -0.25) is 0 Å². The van der Waals surface area contributed by atoms with Crippen molar-refractivity contribution in [2.24, 2.45) is 22.2 Å². The fourth-order valence-corrected chi connectivity index (χ4v) is 4.40. The monoisotopic (exact) mass is 238 g/mol. The first-order valence-electron chi connectivity index (χ1n) is 7.00. The van der Waals surface area contributed by atoms with E-state index in [4.69, 9.17) is 9.47 Å². The summed E-state index contributed by atoms with van der Waals surface area (Å²) in [6.07, 6.45) is 4.10. The molecular formula is C15H26O2. The summed E-state index contributed by atoms with van der Waals surface area (Å²) in [6.45, 7) is 13.1. The Labute approximate surface area is 105 Å². The van der Waals surface area contributed by atoms with Crippen molar-refractivity contribution in [3.05, 3.63) is 0 Å². The van der Waals surface area contributed by atoms with Gasteiger partial charge in [-0.05, 0) is 49.9 Å². The van der Waals surface area contributed by atoms with Crippen LogP contribution in [0.3, 0.4) is 0 Å². The maximum atomic E-state index is 6.03. The Balaban J connectivity index is 1.93. The van der Waals surface area contributed by atoms with Crippen molar-refractivity contribution in [3.63, 3.8) is 0 Å². The summed E-state index contributed by atoms with van der Waals surface area (Å²) in [4.78, 5) is 0. The van der Waals surface area contributed by atoms with Crippen molar-refractivity contribution < 1.29 is 9.47 Å². The van der Waals surface area contributed by atoms with Gasteiger partial charge in [-0.1, -0.05) is 20.8 Å². The minimum absolute atomic E-state index is 0.235. The smallest absolute Gasteiger partial charge is 0.162 e. The Hall–Kier alpha value is -0.0800. The van der Waals surface area contributed by atoms with E-state index in [2.05, 4.69) is 20.8 Å². The van der Waals surface area contributed by atoms with Crippen LogP contribution < -0.4 is 0 Å². The first-order chi connectivity index (χ1) is 7.73. The summed E-state index contributed by atoms with van der Waals surface area (Å²) >= 11 is 0. The molecule has 1 heterocycles. The Bertz CT molecular complexity index is 328. The number of ether oxygens (including phenoxy) is 2. The van der Waals surface area contributed by atoms with Crippen LogP contribution in [0.2, 0.25) is 0 Å². The molecule has 2 heteroatoms. The summed E-state index contributed by atoms with van der Waals surface area (Å²) in [5.74, 6) is 0.531. The zero-order chi connectivity index (χ0) is 12.5. The average Bonchev–Trinajstić information content (AvgIpc) is 2.88. The normalized spacial score (nSPS) is 45.4. The van der Waals surface area contributed by atoms with Crippen LogP contribution in [0, 0.1) is 22.2 Å². The fourth-order valence-electron chi connectivity index (χ4n) is 4.40. The quantitative estimate of drug-likeness (QED) is 0.642. The molecular weight excluding hydrogens is 212 g/mol. The van der Waals surface area contributed by atoms with Crippen LogP contribution in [-0.2, 0) is 9.47 Å². The Kier molecular flexibility index (Phi) is 2.17. The van der Waals surface area contributed by atoms with Gasteiger partial charge in [-0.2, -0.15) is 0 Å². The van der Waals surface area contributed by atoms with Crippen LogP contribution in [-0.4, -0.2) is 19.0 Å². The first-order valence-corrected chi connectivity index (χ1v) is 7.00. The van der Waals surface area contributed by atoms with Gasteiger partial charge in [0.2, 0.25) is 0 Å². The maximum absolute atomic E-state index is 6.03. The van der Waals surface area contributed by atoms with E-state index in [1.54, 1.807) is 0 Å². The molecule has 2 atom stereocenters. The van der Waals surface area contributed by atoms with Crippen LogP contribution in [0.15, 0.2) is 0 Å². The topological polar surface area (TPSA) is 18.5 Å². The van der Waals surface area contributed by atoms with Gasteiger partial charge in [-0.25, -0.2) is 0 Å². The summed E-state index contributed by atoms with van der Waals surface area (Å²) < 4.78 is 12.1. The lowest BCUT2D eigenvalue weighted by Crippen LogP contribution is -2.59. The molecule has 2 saturated carbocycles. The zero-order valence-corrected chi connectivity index (χ0v) is 11.9. The number of rotatable bonds is 0. The lowest BCUT2D eigenvalue weighted by atomic mass is 9.52. The van der Waals surface area contributed by atoms with E-state index < -0.39 is 0 Å². The summed E-state index contributed by atoms with van der Waals surface area (Å²) in [6, 6.07) is 0. The average molecular weight is 238 g/mol. The third kappa shape index (κ3) is 1.40. The van der Waals surface area contributed by atoms with Crippen LogP contribution in [0.5, 0.6) is 0 Å². The summed E-state index contributed by atoms with van der Waals surface area (Å²) in [5, 5.41) is 0. The van der Waals surface area contributed by atoms with E-state index in [-0.39, 0.29) is 11.2 Å². The molecule has 98 valence electrons. The van der Waals surface area contributed by atoms with E-state index in [1.165, 1.54) is 19.3 Å². The van der Waals surface area contributed by atoms with Crippen molar-refractivity contribution in [2.45, 2.75) is 59.7 Å². The zero-order valence-electron chi connectivity index (χ0n) is 11.9. The summed E-state index contributed by atoms with van der Waals surface area (Å²) in [7, 11) is 0. The van der Waals surface area contributed by atoms with Gasteiger partial charge >= 0.3 is 0 Å². The molecule has 1 saturated heterocycles. The molecule has 3 rings (SSSR count). The van der Waals surface area contributed by atoms with Crippen LogP contribution in [0.4, 0.5) is 0 Å². The lowest BCUT2D eigenvalue weighted by molar-refractivity contribution is -0.321. The van der Waals surface area contributed by atoms with Crippen molar-refractivity contribution in [1.29, 1.82) is 0 Å². The molecule has 0 bridgehead atoms. The third-order valence-electron chi connectivity index (χ3n) is 6.25. The standard InChI is InChI=1S/C15H26O2/c1-12(2)7-6-11-8-14(11,5)15(12)9-16-13(3,4)17-10-15/h11H,6-10H2,1-5H3. The minimum atomic E-state index is -0.389. The van der Waals surface area contributed by atoms with Gasteiger partial charge in [0.05, 0.1) is 13.2 Å². The predicted molar refractivity (Wildman–Crippen MR) is 67.6 cm³/mol. The molecule has 2 aliphatic carbocycles. The van der Waals surface area contributed by atoms with Crippen LogP contribution >= 0.6 is 0 Å². The van der Waals surface area contributed by atoms with Gasteiger partial charge in [0, 0.05) is 5.41 Å². The Morgan fingerprint density at radius 2 is 1.53 bits per heavy atom. The maximum Gasteiger partial charge on any atom is 0.162 e. The van der Waals surface area contributed by atoms with Crippen molar-refractivity contribution in [1.82, 2.24) is 0 Å². The molecule has 2 unspecified atom stereocenters.